The van der Waals surface area contributed by atoms with Gasteiger partial charge in [0.25, 0.3) is 0 Å². The highest BCUT2D eigenvalue weighted by Gasteiger charge is 2.53. The number of aliphatic hydroxyl groups is 1. The van der Waals surface area contributed by atoms with Gasteiger partial charge in [-0.2, -0.15) is 4.98 Å². The first-order chi connectivity index (χ1) is 10.5. The summed E-state index contributed by atoms with van der Waals surface area (Å²) in [5.74, 6) is 0.966. The minimum Gasteiger partial charge on any atom is -0.481 e. The number of anilines is 1. The highest BCUT2D eigenvalue weighted by atomic mass is 16.7. The predicted octanol–water partition coefficient (Wildman–Crippen LogP) is 0.355. The molecule has 0 aliphatic carbocycles. The van der Waals surface area contributed by atoms with Crippen molar-refractivity contribution in [2.75, 3.05) is 25.1 Å². The molecule has 126 valence electrons. The fraction of sp³-hybridized carbons (Fsp3) is 0.733. The molecule has 3 heterocycles. The molecule has 0 unspecified atom stereocenters. The predicted molar refractivity (Wildman–Crippen MR) is 87.1 cm³/mol. The minimum atomic E-state index is -0.680. The van der Waals surface area contributed by atoms with Crippen molar-refractivity contribution < 1.29 is 19.2 Å². The Labute approximate surface area is 137 Å². The SMILES string of the molecule is COc1nc(N2CC(C)(O)C2)ncc1B1OC(C)(C)C(C)(C)O1. The Balaban J connectivity index is 1.84. The lowest BCUT2D eigenvalue weighted by atomic mass is 9.80. The summed E-state index contributed by atoms with van der Waals surface area (Å²) in [6, 6.07) is 0. The van der Waals surface area contributed by atoms with Gasteiger partial charge in [0, 0.05) is 6.20 Å². The maximum Gasteiger partial charge on any atom is 0.502 e. The van der Waals surface area contributed by atoms with Gasteiger partial charge in [0.1, 0.15) is 0 Å². The van der Waals surface area contributed by atoms with Gasteiger partial charge in [-0.05, 0) is 34.6 Å². The summed E-state index contributed by atoms with van der Waals surface area (Å²) >= 11 is 0. The number of nitrogens with zero attached hydrogens (tertiary/aromatic N) is 3. The van der Waals surface area contributed by atoms with Crippen molar-refractivity contribution in [3.8, 4) is 5.88 Å². The lowest BCUT2D eigenvalue weighted by Crippen LogP contribution is -2.60. The maximum atomic E-state index is 9.85. The monoisotopic (exact) mass is 321 g/mol. The molecule has 8 heteroatoms. The van der Waals surface area contributed by atoms with Crippen LogP contribution in [0.3, 0.4) is 0 Å². The summed E-state index contributed by atoms with van der Waals surface area (Å²) in [5.41, 5.74) is -0.877. The molecule has 0 amide bonds. The molecule has 1 aromatic rings. The van der Waals surface area contributed by atoms with E-state index >= 15 is 0 Å². The van der Waals surface area contributed by atoms with E-state index in [1.165, 1.54) is 0 Å². The van der Waals surface area contributed by atoms with Crippen molar-refractivity contribution in [2.45, 2.75) is 51.4 Å². The van der Waals surface area contributed by atoms with E-state index in [1.807, 2.05) is 32.6 Å². The molecule has 2 aliphatic heterocycles. The second-order valence-corrected chi connectivity index (χ2v) is 7.58. The van der Waals surface area contributed by atoms with Crippen molar-refractivity contribution in [2.24, 2.45) is 0 Å². The number of rotatable bonds is 3. The van der Waals surface area contributed by atoms with Crippen LogP contribution in [0.2, 0.25) is 0 Å². The Morgan fingerprint density at radius 2 is 1.74 bits per heavy atom. The molecule has 2 saturated heterocycles. The highest BCUT2D eigenvalue weighted by molar-refractivity contribution is 6.63. The standard InChI is InChI=1S/C15H24BN3O4/c1-13(2)14(3,4)23-16(22-13)10-7-17-12(18-11(10)21-6)19-8-15(5,20)9-19/h7,20H,8-9H2,1-6H3. The van der Waals surface area contributed by atoms with Crippen molar-refractivity contribution in [1.29, 1.82) is 0 Å². The van der Waals surface area contributed by atoms with Gasteiger partial charge in [-0.3, -0.25) is 0 Å². The molecule has 0 radical (unpaired) electrons. The first kappa shape index (κ1) is 16.5. The van der Waals surface area contributed by atoms with Gasteiger partial charge in [0.05, 0.1) is 42.5 Å². The van der Waals surface area contributed by atoms with Crippen molar-refractivity contribution in [3.63, 3.8) is 0 Å². The molecule has 0 spiro atoms. The Hall–Kier alpha value is -1.38. The van der Waals surface area contributed by atoms with Crippen LogP contribution in [-0.4, -0.2) is 59.2 Å². The lowest BCUT2D eigenvalue weighted by Gasteiger charge is -2.44. The third-order valence-corrected chi connectivity index (χ3v) is 4.81. The van der Waals surface area contributed by atoms with Crippen LogP contribution in [0.15, 0.2) is 6.20 Å². The summed E-state index contributed by atoms with van der Waals surface area (Å²) in [6.07, 6.45) is 1.68. The molecule has 1 aromatic heterocycles. The molecule has 2 aliphatic rings. The summed E-state index contributed by atoms with van der Waals surface area (Å²) in [7, 11) is 0.996. The quantitative estimate of drug-likeness (QED) is 0.805. The maximum absolute atomic E-state index is 9.85. The van der Waals surface area contributed by atoms with Gasteiger partial charge in [0.15, 0.2) is 0 Å². The molecule has 0 saturated carbocycles. The average Bonchev–Trinajstić information content (AvgIpc) is 2.64. The van der Waals surface area contributed by atoms with E-state index in [2.05, 4.69) is 9.97 Å². The van der Waals surface area contributed by atoms with Gasteiger partial charge >= 0.3 is 7.12 Å². The van der Waals surface area contributed by atoms with E-state index in [1.54, 1.807) is 20.2 Å². The minimum absolute atomic E-state index is 0.431. The Morgan fingerprint density at radius 3 is 2.22 bits per heavy atom. The third-order valence-electron chi connectivity index (χ3n) is 4.81. The first-order valence-electron chi connectivity index (χ1n) is 7.79. The van der Waals surface area contributed by atoms with E-state index in [9.17, 15) is 5.11 Å². The second-order valence-electron chi connectivity index (χ2n) is 7.58. The Morgan fingerprint density at radius 1 is 1.17 bits per heavy atom. The van der Waals surface area contributed by atoms with Crippen LogP contribution in [0.25, 0.3) is 0 Å². The van der Waals surface area contributed by atoms with Crippen molar-refractivity contribution in [3.05, 3.63) is 6.20 Å². The van der Waals surface area contributed by atoms with Crippen LogP contribution in [0.4, 0.5) is 5.95 Å². The van der Waals surface area contributed by atoms with Crippen LogP contribution in [0.5, 0.6) is 5.88 Å². The second kappa shape index (κ2) is 5.06. The van der Waals surface area contributed by atoms with E-state index in [-0.39, 0.29) is 0 Å². The van der Waals surface area contributed by atoms with Gasteiger partial charge in [-0.1, -0.05) is 0 Å². The third kappa shape index (κ3) is 2.79. The van der Waals surface area contributed by atoms with Crippen LogP contribution in [-0.2, 0) is 9.31 Å². The zero-order chi connectivity index (χ0) is 17.0. The summed E-state index contributed by atoms with van der Waals surface area (Å²) < 4.78 is 17.5. The van der Waals surface area contributed by atoms with Crippen LogP contribution >= 0.6 is 0 Å². The zero-order valence-corrected chi connectivity index (χ0v) is 14.6. The fourth-order valence-electron chi connectivity index (χ4n) is 2.73. The van der Waals surface area contributed by atoms with Gasteiger partial charge in [0.2, 0.25) is 11.8 Å². The molecule has 2 fully saturated rings. The number of ether oxygens (including phenoxy) is 1. The topological polar surface area (TPSA) is 76.9 Å². The number of β-amino-alcohol motifs (C(OH)–C–C–N with tert-alkyl or cyclic N) is 1. The lowest BCUT2D eigenvalue weighted by molar-refractivity contribution is 0.00578. The van der Waals surface area contributed by atoms with Gasteiger partial charge in [-0.25, -0.2) is 4.98 Å². The molecule has 0 bridgehead atoms. The molecule has 1 N–H and O–H groups in total. The largest absolute Gasteiger partial charge is 0.502 e. The van der Waals surface area contributed by atoms with Crippen LogP contribution in [0.1, 0.15) is 34.6 Å². The number of hydrogen-bond acceptors (Lipinski definition) is 7. The van der Waals surface area contributed by atoms with Crippen LogP contribution < -0.4 is 15.1 Å². The average molecular weight is 321 g/mol. The Bertz CT molecular complexity index is 597. The molecule has 0 atom stereocenters. The molecular formula is C15H24BN3O4. The Kier molecular flexibility index (Phi) is 3.63. The van der Waals surface area contributed by atoms with E-state index < -0.39 is 23.9 Å². The van der Waals surface area contributed by atoms with Gasteiger partial charge < -0.3 is 24.1 Å². The van der Waals surface area contributed by atoms with Crippen LogP contribution in [0, 0.1) is 0 Å². The number of hydrogen-bond donors (Lipinski definition) is 1. The molecule has 7 nitrogen and oxygen atoms in total. The van der Waals surface area contributed by atoms with E-state index in [4.69, 9.17) is 14.0 Å². The smallest absolute Gasteiger partial charge is 0.481 e. The number of methoxy groups -OCH3 is 1. The van der Waals surface area contributed by atoms with Crippen molar-refractivity contribution in [1.82, 2.24) is 9.97 Å². The summed E-state index contributed by atoms with van der Waals surface area (Å²) in [6.45, 7) is 10.8. The molecule has 3 rings (SSSR count). The molecular weight excluding hydrogens is 297 g/mol. The van der Waals surface area contributed by atoms with E-state index in [0.29, 0.717) is 30.4 Å². The summed E-state index contributed by atoms with van der Waals surface area (Å²) in [4.78, 5) is 10.7. The molecule has 23 heavy (non-hydrogen) atoms. The highest BCUT2D eigenvalue weighted by Crippen LogP contribution is 2.37. The molecule has 0 aromatic carbocycles. The fourth-order valence-corrected chi connectivity index (χ4v) is 2.73. The van der Waals surface area contributed by atoms with Gasteiger partial charge in [-0.15, -0.1) is 0 Å². The summed E-state index contributed by atoms with van der Waals surface area (Å²) in [5, 5.41) is 9.85. The first-order valence-corrected chi connectivity index (χ1v) is 7.79. The number of aromatic nitrogens is 2. The zero-order valence-electron chi connectivity index (χ0n) is 14.6. The van der Waals surface area contributed by atoms with E-state index in [0.717, 1.165) is 0 Å². The van der Waals surface area contributed by atoms with Crippen molar-refractivity contribution >= 4 is 18.5 Å². The normalized spacial score (nSPS) is 24.5.